The number of allylic oxidation sites excluding steroid dienone is 2. The van der Waals surface area contributed by atoms with Gasteiger partial charge in [0.05, 0.1) is 0 Å². The van der Waals surface area contributed by atoms with Crippen molar-refractivity contribution < 1.29 is 18.7 Å². The second-order valence-corrected chi connectivity index (χ2v) is 7.68. The van der Waals surface area contributed by atoms with Crippen molar-refractivity contribution in [1.82, 2.24) is 4.57 Å². The highest BCUT2D eigenvalue weighted by molar-refractivity contribution is 6.00. The summed E-state index contributed by atoms with van der Waals surface area (Å²) in [5, 5.41) is 0. The maximum Gasteiger partial charge on any atom is 0.331 e. The number of carbonyl (C=O) groups excluding carboxylic acids is 2. The average Bonchev–Trinajstić information content (AvgIpc) is 3.04. The standard InChI is InChI=1S/C25H28FNO3/c1-18-16-22(19(2)27(18)15-14-20-8-4-3-5-9-20)24(28)17-30-25(29)13-12-21-10-6-7-11-23(21)26/h6-8,10-13,16H,3-5,9,14-15,17H2,1-2H3/b13-12+. The van der Waals surface area contributed by atoms with Crippen molar-refractivity contribution in [2.45, 2.75) is 52.5 Å². The number of hydrogen-bond acceptors (Lipinski definition) is 3. The number of ether oxygens (including phenoxy) is 1. The number of benzene rings is 1. The average molecular weight is 410 g/mol. The van der Waals surface area contributed by atoms with Crippen LogP contribution in [0.25, 0.3) is 6.08 Å². The van der Waals surface area contributed by atoms with Gasteiger partial charge in [-0.2, -0.15) is 0 Å². The van der Waals surface area contributed by atoms with Crippen LogP contribution in [0.4, 0.5) is 4.39 Å². The number of aromatic nitrogens is 1. The fraction of sp³-hybridized carbons (Fsp3) is 0.360. The molecular formula is C25H28FNO3. The Bertz CT molecular complexity index is 984. The molecule has 0 bridgehead atoms. The lowest BCUT2D eigenvalue weighted by Gasteiger charge is -2.15. The number of nitrogens with zero attached hydrogens (tertiary/aromatic N) is 1. The monoisotopic (exact) mass is 409 g/mol. The smallest absolute Gasteiger partial charge is 0.331 e. The molecule has 0 fully saturated rings. The van der Waals surface area contributed by atoms with Crippen molar-refractivity contribution in [3.63, 3.8) is 0 Å². The topological polar surface area (TPSA) is 48.3 Å². The first-order valence-electron chi connectivity index (χ1n) is 10.4. The Hall–Kier alpha value is -2.95. The Morgan fingerprint density at radius 3 is 2.73 bits per heavy atom. The van der Waals surface area contributed by atoms with Gasteiger partial charge in [-0.15, -0.1) is 0 Å². The minimum atomic E-state index is -0.676. The minimum absolute atomic E-state index is 0.237. The van der Waals surface area contributed by atoms with Crippen LogP contribution in [-0.2, 0) is 16.1 Å². The number of carbonyl (C=O) groups is 2. The van der Waals surface area contributed by atoms with Gasteiger partial charge in [0, 0.05) is 35.1 Å². The lowest BCUT2D eigenvalue weighted by molar-refractivity contribution is -0.136. The Morgan fingerprint density at radius 2 is 2.00 bits per heavy atom. The number of rotatable bonds is 8. The summed E-state index contributed by atoms with van der Waals surface area (Å²) >= 11 is 0. The molecule has 0 radical (unpaired) electrons. The third kappa shape index (κ3) is 5.56. The molecule has 1 aromatic heterocycles. The minimum Gasteiger partial charge on any atom is -0.454 e. The molecule has 1 aliphatic rings. The number of hydrogen-bond donors (Lipinski definition) is 0. The molecule has 0 N–H and O–H groups in total. The van der Waals surface area contributed by atoms with Crippen LogP contribution in [0.5, 0.6) is 0 Å². The molecule has 30 heavy (non-hydrogen) atoms. The first kappa shape index (κ1) is 21.8. The third-order valence-electron chi connectivity index (χ3n) is 5.57. The van der Waals surface area contributed by atoms with E-state index < -0.39 is 11.8 Å². The Labute approximate surface area is 177 Å². The maximum absolute atomic E-state index is 13.6. The van der Waals surface area contributed by atoms with E-state index in [9.17, 15) is 14.0 Å². The third-order valence-corrected chi connectivity index (χ3v) is 5.57. The van der Waals surface area contributed by atoms with Crippen LogP contribution in [-0.4, -0.2) is 22.9 Å². The predicted octanol–water partition coefficient (Wildman–Crippen LogP) is 5.57. The summed E-state index contributed by atoms with van der Waals surface area (Å²) in [7, 11) is 0. The summed E-state index contributed by atoms with van der Waals surface area (Å²) in [4.78, 5) is 24.5. The van der Waals surface area contributed by atoms with Crippen molar-refractivity contribution in [3.05, 3.63) is 76.4 Å². The first-order valence-corrected chi connectivity index (χ1v) is 10.4. The quantitative estimate of drug-likeness (QED) is 0.248. The number of aryl methyl sites for hydroxylation is 1. The number of ketones is 1. The fourth-order valence-electron chi connectivity index (χ4n) is 3.85. The molecule has 4 nitrogen and oxygen atoms in total. The van der Waals surface area contributed by atoms with Gasteiger partial charge in [0.1, 0.15) is 5.82 Å². The van der Waals surface area contributed by atoms with Crippen LogP contribution in [0.2, 0.25) is 0 Å². The summed E-state index contributed by atoms with van der Waals surface area (Å²) in [5.41, 5.74) is 4.29. The summed E-state index contributed by atoms with van der Waals surface area (Å²) < 4.78 is 20.8. The van der Waals surface area contributed by atoms with Crippen LogP contribution < -0.4 is 0 Å². The number of halogens is 1. The van der Waals surface area contributed by atoms with Crippen LogP contribution in [0.3, 0.4) is 0 Å². The first-order chi connectivity index (χ1) is 14.5. The molecule has 2 aromatic rings. The molecule has 1 aromatic carbocycles. The second kappa shape index (κ2) is 10.2. The molecule has 5 heteroatoms. The van der Waals surface area contributed by atoms with Crippen LogP contribution in [0, 0.1) is 19.7 Å². The van der Waals surface area contributed by atoms with Crippen molar-refractivity contribution >= 4 is 17.8 Å². The van der Waals surface area contributed by atoms with Gasteiger partial charge in [-0.05, 0) is 64.2 Å². The van der Waals surface area contributed by atoms with E-state index in [2.05, 4.69) is 10.6 Å². The SMILES string of the molecule is Cc1cc(C(=O)COC(=O)/C=C/c2ccccc2F)c(C)n1CCC1=CCCCC1. The van der Waals surface area contributed by atoms with Gasteiger partial charge in [-0.3, -0.25) is 4.79 Å². The lowest BCUT2D eigenvalue weighted by atomic mass is 9.97. The van der Waals surface area contributed by atoms with Crippen molar-refractivity contribution in [1.29, 1.82) is 0 Å². The molecular weight excluding hydrogens is 381 g/mol. The van der Waals surface area contributed by atoms with Gasteiger partial charge < -0.3 is 9.30 Å². The highest BCUT2D eigenvalue weighted by Crippen LogP contribution is 2.23. The summed E-state index contributed by atoms with van der Waals surface area (Å²) in [5.74, 6) is -1.34. The molecule has 0 saturated heterocycles. The molecule has 0 amide bonds. The van der Waals surface area contributed by atoms with Gasteiger partial charge in [0.2, 0.25) is 5.78 Å². The Morgan fingerprint density at radius 1 is 1.20 bits per heavy atom. The van der Waals surface area contributed by atoms with Gasteiger partial charge in [0.25, 0.3) is 0 Å². The number of esters is 1. The van der Waals surface area contributed by atoms with Crippen molar-refractivity contribution in [3.8, 4) is 0 Å². The van der Waals surface area contributed by atoms with E-state index in [0.29, 0.717) is 5.56 Å². The summed E-state index contributed by atoms with van der Waals surface area (Å²) in [6.07, 6.45) is 10.7. The predicted molar refractivity (Wildman–Crippen MR) is 116 cm³/mol. The zero-order chi connectivity index (χ0) is 21.5. The molecule has 0 saturated carbocycles. The van der Waals surface area contributed by atoms with E-state index in [1.807, 2.05) is 19.9 Å². The van der Waals surface area contributed by atoms with E-state index >= 15 is 0 Å². The van der Waals surface area contributed by atoms with E-state index in [-0.39, 0.29) is 18.0 Å². The molecule has 0 atom stereocenters. The molecule has 158 valence electrons. The second-order valence-electron chi connectivity index (χ2n) is 7.68. The van der Waals surface area contributed by atoms with Gasteiger partial charge in [-0.1, -0.05) is 29.8 Å². The molecule has 1 heterocycles. The normalized spacial score (nSPS) is 14.0. The zero-order valence-corrected chi connectivity index (χ0v) is 17.6. The van der Waals surface area contributed by atoms with Crippen LogP contribution in [0.1, 0.15) is 59.4 Å². The molecule has 0 unspecified atom stereocenters. The fourth-order valence-corrected chi connectivity index (χ4v) is 3.85. The van der Waals surface area contributed by atoms with Gasteiger partial charge >= 0.3 is 5.97 Å². The van der Waals surface area contributed by atoms with E-state index in [0.717, 1.165) is 30.4 Å². The van der Waals surface area contributed by atoms with Crippen molar-refractivity contribution in [2.75, 3.05) is 6.61 Å². The summed E-state index contributed by atoms with van der Waals surface area (Å²) in [6.45, 7) is 4.43. The van der Waals surface area contributed by atoms with E-state index in [4.69, 9.17) is 4.74 Å². The molecule has 0 aliphatic heterocycles. The van der Waals surface area contributed by atoms with E-state index in [1.165, 1.54) is 43.4 Å². The highest BCUT2D eigenvalue weighted by atomic mass is 19.1. The molecule has 3 rings (SSSR count). The van der Waals surface area contributed by atoms with Gasteiger partial charge in [0.15, 0.2) is 6.61 Å². The number of Topliss-reactive ketones (excluding diaryl/α,β-unsaturated/α-hetero) is 1. The van der Waals surface area contributed by atoms with Crippen LogP contribution >= 0.6 is 0 Å². The van der Waals surface area contributed by atoms with E-state index in [1.54, 1.807) is 18.2 Å². The molecule has 0 spiro atoms. The van der Waals surface area contributed by atoms with Crippen molar-refractivity contribution in [2.24, 2.45) is 0 Å². The highest BCUT2D eigenvalue weighted by Gasteiger charge is 2.17. The largest absolute Gasteiger partial charge is 0.454 e. The summed E-state index contributed by atoms with van der Waals surface area (Å²) in [6, 6.07) is 7.98. The lowest BCUT2D eigenvalue weighted by Crippen LogP contribution is -2.14. The maximum atomic E-state index is 13.6. The zero-order valence-electron chi connectivity index (χ0n) is 17.6. The van der Waals surface area contributed by atoms with Crippen LogP contribution in [0.15, 0.2) is 48.1 Å². The Kier molecular flexibility index (Phi) is 7.39. The molecule has 1 aliphatic carbocycles. The van der Waals surface area contributed by atoms with Gasteiger partial charge in [-0.25, -0.2) is 9.18 Å². The Balaban J connectivity index is 1.56.